The minimum Gasteiger partial charge on any atom is -0.390 e. The Morgan fingerprint density at radius 2 is 2.36 bits per heavy atom. The third-order valence-electron chi connectivity index (χ3n) is 1.18. The molecule has 0 amide bonds. The number of anilines is 1. The van der Waals surface area contributed by atoms with Gasteiger partial charge in [-0.1, -0.05) is 0 Å². The highest BCUT2D eigenvalue weighted by atomic mass is 32.1. The van der Waals surface area contributed by atoms with Crippen molar-refractivity contribution >= 4 is 16.5 Å². The lowest BCUT2D eigenvalue weighted by molar-refractivity contribution is 0.0801. The van der Waals surface area contributed by atoms with Crippen molar-refractivity contribution in [2.24, 2.45) is 0 Å². The van der Waals surface area contributed by atoms with Gasteiger partial charge in [0.1, 0.15) is 0 Å². The molecule has 0 saturated heterocycles. The smallest absolute Gasteiger partial charge is 0.180 e. The van der Waals surface area contributed by atoms with Crippen LogP contribution in [0.25, 0.3) is 0 Å². The van der Waals surface area contributed by atoms with Crippen LogP contribution in [0.2, 0.25) is 0 Å². The van der Waals surface area contributed by atoms with Gasteiger partial charge < -0.3 is 10.8 Å². The highest BCUT2D eigenvalue weighted by Gasteiger charge is 2.14. The second-order valence-corrected chi connectivity index (χ2v) is 4.06. The van der Waals surface area contributed by atoms with Crippen LogP contribution in [0.4, 0.5) is 5.13 Å². The molecule has 1 rings (SSSR count). The molecule has 0 aliphatic carbocycles. The first-order valence-electron chi connectivity index (χ1n) is 3.40. The molecule has 0 aliphatic heterocycles. The maximum atomic E-state index is 9.40. The summed E-state index contributed by atoms with van der Waals surface area (Å²) in [5, 5.41) is 11.8. The molecule has 3 N–H and O–H groups in total. The van der Waals surface area contributed by atoms with Crippen LogP contribution in [-0.2, 0) is 6.42 Å². The van der Waals surface area contributed by atoms with E-state index in [9.17, 15) is 5.11 Å². The summed E-state index contributed by atoms with van der Waals surface area (Å²) in [5.74, 6) is 0. The second kappa shape index (κ2) is 2.79. The van der Waals surface area contributed by atoms with Gasteiger partial charge in [0.2, 0.25) is 0 Å². The zero-order valence-electron chi connectivity index (χ0n) is 6.66. The van der Waals surface area contributed by atoms with Gasteiger partial charge in [0.15, 0.2) is 5.13 Å². The third kappa shape index (κ3) is 2.86. The summed E-state index contributed by atoms with van der Waals surface area (Å²) < 4.78 is 0. The molecular weight excluding hydrogens is 160 g/mol. The van der Waals surface area contributed by atoms with Crippen LogP contribution in [0, 0.1) is 0 Å². The van der Waals surface area contributed by atoms with E-state index in [0.717, 1.165) is 5.69 Å². The molecule has 62 valence electrons. The molecular formula is C7H12N2OS. The molecule has 1 aromatic heterocycles. The SMILES string of the molecule is CC(C)(O)Cc1csc(N)n1. The number of thiazole rings is 1. The van der Waals surface area contributed by atoms with E-state index in [1.165, 1.54) is 11.3 Å². The molecule has 0 saturated carbocycles. The largest absolute Gasteiger partial charge is 0.390 e. The molecule has 0 atom stereocenters. The van der Waals surface area contributed by atoms with Crippen LogP contribution < -0.4 is 5.73 Å². The van der Waals surface area contributed by atoms with Crippen molar-refractivity contribution in [3.8, 4) is 0 Å². The van der Waals surface area contributed by atoms with Crippen molar-refractivity contribution in [2.75, 3.05) is 5.73 Å². The summed E-state index contributed by atoms with van der Waals surface area (Å²) in [4.78, 5) is 4.03. The molecule has 1 aromatic rings. The molecule has 0 radical (unpaired) electrons. The van der Waals surface area contributed by atoms with Gasteiger partial charge >= 0.3 is 0 Å². The van der Waals surface area contributed by atoms with Crippen LogP contribution >= 0.6 is 11.3 Å². The van der Waals surface area contributed by atoms with E-state index in [4.69, 9.17) is 5.73 Å². The average molecular weight is 172 g/mol. The van der Waals surface area contributed by atoms with Gasteiger partial charge in [-0.25, -0.2) is 4.98 Å². The Kier molecular flexibility index (Phi) is 2.15. The van der Waals surface area contributed by atoms with Crippen molar-refractivity contribution in [1.82, 2.24) is 4.98 Å². The lowest BCUT2D eigenvalue weighted by Gasteiger charge is -2.14. The van der Waals surface area contributed by atoms with Crippen LogP contribution in [0.3, 0.4) is 0 Å². The Hall–Kier alpha value is -0.610. The van der Waals surface area contributed by atoms with Crippen LogP contribution in [-0.4, -0.2) is 15.7 Å². The molecule has 1 heterocycles. The molecule has 0 aromatic carbocycles. The van der Waals surface area contributed by atoms with Crippen molar-refractivity contribution in [2.45, 2.75) is 25.9 Å². The molecule has 11 heavy (non-hydrogen) atoms. The highest BCUT2D eigenvalue weighted by molar-refractivity contribution is 7.13. The van der Waals surface area contributed by atoms with Gasteiger partial charge in [-0.05, 0) is 13.8 Å². The van der Waals surface area contributed by atoms with E-state index in [-0.39, 0.29) is 0 Å². The van der Waals surface area contributed by atoms with E-state index in [1.807, 2.05) is 5.38 Å². The van der Waals surface area contributed by atoms with E-state index >= 15 is 0 Å². The van der Waals surface area contributed by atoms with Crippen LogP contribution in [0.15, 0.2) is 5.38 Å². The molecule has 0 bridgehead atoms. The number of hydrogen-bond donors (Lipinski definition) is 2. The lowest BCUT2D eigenvalue weighted by atomic mass is 10.0. The van der Waals surface area contributed by atoms with E-state index < -0.39 is 5.60 Å². The Labute approximate surface area is 69.9 Å². The fraction of sp³-hybridized carbons (Fsp3) is 0.571. The van der Waals surface area contributed by atoms with Crippen molar-refractivity contribution in [3.05, 3.63) is 11.1 Å². The van der Waals surface area contributed by atoms with E-state index in [0.29, 0.717) is 11.6 Å². The number of rotatable bonds is 2. The Balaban J connectivity index is 2.65. The minimum absolute atomic E-state index is 0.556. The quantitative estimate of drug-likeness (QED) is 0.700. The zero-order valence-corrected chi connectivity index (χ0v) is 7.48. The predicted octanol–water partition coefficient (Wildman–Crippen LogP) is 1.04. The van der Waals surface area contributed by atoms with E-state index in [1.54, 1.807) is 13.8 Å². The fourth-order valence-corrected chi connectivity index (χ4v) is 1.41. The van der Waals surface area contributed by atoms with Gasteiger partial charge in [0, 0.05) is 11.8 Å². The van der Waals surface area contributed by atoms with Gasteiger partial charge in [-0.15, -0.1) is 11.3 Å². The first kappa shape index (κ1) is 8.49. The third-order valence-corrected chi connectivity index (χ3v) is 1.91. The fourth-order valence-electron chi connectivity index (χ4n) is 0.847. The van der Waals surface area contributed by atoms with Crippen LogP contribution in [0.1, 0.15) is 19.5 Å². The number of nitrogen functional groups attached to an aromatic ring is 1. The summed E-state index contributed by atoms with van der Waals surface area (Å²) in [6, 6.07) is 0. The maximum Gasteiger partial charge on any atom is 0.180 e. The standard InChI is InChI=1S/C7H12N2OS/c1-7(2,10)3-5-4-11-6(8)9-5/h4,10H,3H2,1-2H3,(H2,8,9). The Morgan fingerprint density at radius 1 is 1.73 bits per heavy atom. The van der Waals surface area contributed by atoms with E-state index in [2.05, 4.69) is 4.98 Å². The summed E-state index contributed by atoms with van der Waals surface area (Å²) in [6.45, 7) is 3.51. The van der Waals surface area contributed by atoms with Crippen molar-refractivity contribution in [1.29, 1.82) is 0 Å². The molecule has 0 spiro atoms. The summed E-state index contributed by atoms with van der Waals surface area (Å²) in [6.07, 6.45) is 0.556. The normalized spacial score (nSPS) is 11.9. The highest BCUT2D eigenvalue weighted by Crippen LogP contribution is 2.16. The average Bonchev–Trinajstić information content (AvgIpc) is 2.10. The zero-order chi connectivity index (χ0) is 8.48. The number of nitrogens with two attached hydrogens (primary N) is 1. The monoisotopic (exact) mass is 172 g/mol. The number of aromatic nitrogens is 1. The number of nitrogens with zero attached hydrogens (tertiary/aromatic N) is 1. The summed E-state index contributed by atoms with van der Waals surface area (Å²) >= 11 is 1.40. The maximum absolute atomic E-state index is 9.40. The Bertz CT molecular complexity index is 239. The molecule has 0 unspecified atom stereocenters. The predicted molar refractivity (Wildman–Crippen MR) is 46.5 cm³/mol. The minimum atomic E-state index is -0.694. The van der Waals surface area contributed by atoms with Crippen molar-refractivity contribution < 1.29 is 5.11 Å². The van der Waals surface area contributed by atoms with Crippen molar-refractivity contribution in [3.63, 3.8) is 0 Å². The first-order valence-corrected chi connectivity index (χ1v) is 4.27. The number of hydrogen-bond acceptors (Lipinski definition) is 4. The van der Waals surface area contributed by atoms with Gasteiger partial charge in [-0.3, -0.25) is 0 Å². The molecule has 3 nitrogen and oxygen atoms in total. The van der Waals surface area contributed by atoms with Gasteiger partial charge in [0.25, 0.3) is 0 Å². The topological polar surface area (TPSA) is 59.1 Å². The molecule has 4 heteroatoms. The second-order valence-electron chi connectivity index (χ2n) is 3.17. The van der Waals surface area contributed by atoms with Gasteiger partial charge in [0.05, 0.1) is 11.3 Å². The lowest BCUT2D eigenvalue weighted by Crippen LogP contribution is -2.21. The molecule has 0 fully saturated rings. The summed E-state index contributed by atoms with van der Waals surface area (Å²) in [7, 11) is 0. The van der Waals surface area contributed by atoms with Crippen LogP contribution in [0.5, 0.6) is 0 Å². The number of aliphatic hydroxyl groups is 1. The van der Waals surface area contributed by atoms with Gasteiger partial charge in [-0.2, -0.15) is 0 Å². The Morgan fingerprint density at radius 3 is 2.73 bits per heavy atom. The summed E-state index contributed by atoms with van der Waals surface area (Å²) in [5.41, 5.74) is 5.59. The first-order chi connectivity index (χ1) is 4.97. The molecule has 0 aliphatic rings.